The molecule has 0 aliphatic carbocycles. The zero-order valence-electron chi connectivity index (χ0n) is 36.5. The van der Waals surface area contributed by atoms with Crippen LogP contribution in [0.25, 0.3) is 0 Å². The molecule has 29 nitrogen and oxygen atoms in total. The van der Waals surface area contributed by atoms with E-state index in [1.54, 1.807) is 7.11 Å². The predicted molar refractivity (Wildman–Crippen MR) is 250 cm³/mol. The second kappa shape index (κ2) is 23.8. The summed E-state index contributed by atoms with van der Waals surface area (Å²) >= 11 is 2.81. The number of anilines is 2. The van der Waals surface area contributed by atoms with Crippen LogP contribution in [0.1, 0.15) is 57.3 Å². The number of likely N-dealkylation sites (N-methyl/N-ethyl adjacent to an activating group) is 3. The van der Waals surface area contributed by atoms with Crippen molar-refractivity contribution >= 4 is 128 Å². The van der Waals surface area contributed by atoms with Gasteiger partial charge in [0.15, 0.2) is 0 Å². The van der Waals surface area contributed by atoms with Gasteiger partial charge in [-0.1, -0.05) is 36.5 Å². The van der Waals surface area contributed by atoms with Gasteiger partial charge in [-0.3, -0.25) is 9.59 Å². The minimum absolute atomic E-state index is 0.0520. The molecule has 0 saturated heterocycles. The number of ether oxygens (including phenoxy) is 1. The Hall–Kier alpha value is -3.20. The summed E-state index contributed by atoms with van der Waals surface area (Å²) in [4.78, 5) is 21.0. The summed E-state index contributed by atoms with van der Waals surface area (Å²) < 4.78 is 145. The van der Waals surface area contributed by atoms with Gasteiger partial charge in [0, 0.05) is 77.5 Å². The molecule has 2 aliphatic rings. The molecule has 384 valence electrons. The molecule has 0 bridgehead atoms. The third-order valence-electron chi connectivity index (χ3n) is 8.28. The summed E-state index contributed by atoms with van der Waals surface area (Å²) in [6.45, 7) is 8.95. The van der Waals surface area contributed by atoms with Crippen molar-refractivity contribution in [3.8, 4) is 0 Å². The molecular formula is C29H48N14O15S10. The van der Waals surface area contributed by atoms with Crippen LogP contribution in [-0.4, -0.2) is 145 Å². The lowest BCUT2D eigenvalue weighted by Gasteiger charge is -2.32. The van der Waals surface area contributed by atoms with Gasteiger partial charge in [0.2, 0.25) is 50.8 Å². The van der Waals surface area contributed by atoms with Crippen LogP contribution in [-0.2, 0) is 74.5 Å². The maximum atomic E-state index is 12.7. The Balaban J connectivity index is 0.000000247. The Morgan fingerprint density at radius 1 is 0.676 bits per heavy atom. The Morgan fingerprint density at radius 2 is 1.07 bits per heavy atom. The third-order valence-corrected chi connectivity index (χ3v) is 22.5. The van der Waals surface area contributed by atoms with Gasteiger partial charge >= 0.3 is 0 Å². The van der Waals surface area contributed by atoms with Crippen molar-refractivity contribution < 1.29 is 64.8 Å². The molecule has 0 aromatic carbocycles. The van der Waals surface area contributed by atoms with Crippen LogP contribution in [0.4, 0.5) is 10.3 Å². The van der Waals surface area contributed by atoms with Gasteiger partial charge in [-0.25, -0.2) is 71.1 Å². The first-order chi connectivity index (χ1) is 31.2. The summed E-state index contributed by atoms with van der Waals surface area (Å²) in [7, 11) is -19.8. The van der Waals surface area contributed by atoms with Crippen molar-refractivity contribution in [1.82, 2.24) is 39.6 Å². The molecule has 0 radical (unpaired) electrons. The van der Waals surface area contributed by atoms with Crippen LogP contribution in [0.5, 0.6) is 0 Å². The topological polar surface area (TPSA) is 458 Å². The van der Waals surface area contributed by atoms with E-state index >= 15 is 0 Å². The summed E-state index contributed by atoms with van der Waals surface area (Å²) in [5, 5.41) is 44.2. The molecule has 39 heteroatoms. The Morgan fingerprint density at radius 3 is 1.41 bits per heavy atom. The number of thiophene rings is 2. The van der Waals surface area contributed by atoms with Crippen molar-refractivity contribution in [3.63, 3.8) is 0 Å². The number of amides is 2. The fourth-order valence-corrected chi connectivity index (χ4v) is 16.6. The lowest BCUT2D eigenvalue weighted by molar-refractivity contribution is -0.115. The summed E-state index contributed by atoms with van der Waals surface area (Å²) in [5.74, 6) is -0.700. The van der Waals surface area contributed by atoms with Crippen LogP contribution in [0.3, 0.4) is 0 Å². The molecule has 6 heterocycles. The first kappa shape index (κ1) is 59.1. The Labute approximate surface area is 408 Å². The number of primary sulfonamides is 4. The normalized spacial score (nSPS) is 18.0. The number of carbonyl (C=O) groups is 2. The van der Waals surface area contributed by atoms with E-state index in [9.17, 15) is 60.1 Å². The summed E-state index contributed by atoms with van der Waals surface area (Å²) in [6.07, 6.45) is 0.567. The van der Waals surface area contributed by atoms with Crippen LogP contribution in [0, 0.1) is 0 Å². The molecule has 0 fully saturated rings. The summed E-state index contributed by atoms with van der Waals surface area (Å²) in [6, 6.07) is 2.24. The van der Waals surface area contributed by atoms with Gasteiger partial charge in [-0.05, 0) is 31.6 Å². The Bertz CT molecular complexity index is 3030. The highest BCUT2D eigenvalue weighted by Gasteiger charge is 2.40. The number of rotatable bonds is 14. The Kier molecular flexibility index (Phi) is 20.7. The highest BCUT2D eigenvalue weighted by atomic mass is 32.3. The van der Waals surface area contributed by atoms with Gasteiger partial charge in [0.25, 0.3) is 40.1 Å². The van der Waals surface area contributed by atoms with Gasteiger partial charge in [0.05, 0.1) is 0 Å². The van der Waals surface area contributed by atoms with E-state index < -0.39 is 60.1 Å². The quantitative estimate of drug-likeness (QED) is 0.0503. The molecule has 6 rings (SSSR count). The van der Waals surface area contributed by atoms with Crippen molar-refractivity contribution in [2.45, 2.75) is 71.7 Å². The molecule has 2 aliphatic heterocycles. The van der Waals surface area contributed by atoms with Crippen molar-refractivity contribution in [3.05, 3.63) is 23.3 Å². The maximum absolute atomic E-state index is 12.7. The largest absolute Gasteiger partial charge is 0.385 e. The minimum Gasteiger partial charge on any atom is -0.385 e. The summed E-state index contributed by atoms with van der Waals surface area (Å²) in [5.41, 5.74) is 0.956. The molecule has 2 amide bonds. The van der Waals surface area contributed by atoms with E-state index in [4.69, 9.17) is 25.3 Å². The van der Waals surface area contributed by atoms with E-state index in [2.05, 4.69) is 41.7 Å². The molecule has 0 spiro atoms. The average Bonchev–Trinajstić information content (AvgIpc) is 4.02. The van der Waals surface area contributed by atoms with Gasteiger partial charge in [0.1, 0.15) is 16.8 Å². The molecule has 4 aromatic rings. The van der Waals surface area contributed by atoms with Crippen LogP contribution >= 0.6 is 45.3 Å². The van der Waals surface area contributed by atoms with Crippen LogP contribution < -0.4 is 41.8 Å². The molecule has 12 N–H and O–H groups in total. The fraction of sp³-hybridized carbons (Fsp3) is 0.517. The number of fused-ring (bicyclic) bond motifs is 2. The number of nitrogens with one attached hydrogen (secondary N) is 4. The number of aromatic nitrogens is 4. The molecule has 0 saturated carbocycles. The van der Waals surface area contributed by atoms with E-state index in [0.29, 0.717) is 89.1 Å². The lowest BCUT2D eigenvalue weighted by atomic mass is 10.1. The third kappa shape index (κ3) is 16.2. The van der Waals surface area contributed by atoms with Gasteiger partial charge < -0.3 is 26.0 Å². The number of methoxy groups -OCH3 is 1. The first-order valence-corrected chi connectivity index (χ1v) is 31.0. The monoisotopic (exact) mass is 1150 g/mol. The van der Waals surface area contributed by atoms with E-state index in [-0.39, 0.29) is 72.8 Å². The van der Waals surface area contributed by atoms with Crippen LogP contribution in [0.15, 0.2) is 37.6 Å². The highest BCUT2D eigenvalue weighted by molar-refractivity contribution is 7.94. The molecular weight excluding hydrogens is 1110 g/mol. The zero-order chi connectivity index (χ0) is 51.8. The SMILES string of the molecule is CC(=O)Nc1nnc(S(N)(=O)=O)s1.CC(=O)Nc1nnc(S(N)(=O)=O)s1.CCN[C@H]1CN(C)S(=O)(=O)c2sc(S(N)(=O)=O)cc21.CCN[C@H]1CN(CCCOC)S(=O)(=O)c2sc(S(N)(=O)=O)cc21. The standard InChI is InChI=1S/C12H21N3O5S3.C9H15N3O4S3.2C4H6N4O3S2/c1-3-14-10-8-15(5-4-6-20-2)23(18,19)12-9(10)7-11(21-12)22(13,16)17;1-3-11-7-5-12(2)19(15,16)9-6(7)4-8(17-9)18(10,13)14;2*1-2(9)6-3-7-8-4(12-3)13(5,10)11/h7,10,14H,3-6,8H2,1-2H3,(H2,13,16,17);4,7,11H,3,5H2,1-2H3,(H2,10,13,14);2*1H3,(H2,5,10,11)(H,6,7,9)/t10-;7-;;/m00../s1. The second-order valence-electron chi connectivity index (χ2n) is 13.6. The first-order valence-electron chi connectivity index (χ1n) is 18.7. The van der Waals surface area contributed by atoms with Gasteiger partial charge in [-0.2, -0.15) is 8.61 Å². The van der Waals surface area contributed by atoms with E-state index in [1.165, 1.54) is 41.6 Å². The maximum Gasteiger partial charge on any atom is 0.267 e. The van der Waals surface area contributed by atoms with Crippen molar-refractivity contribution in [2.24, 2.45) is 20.6 Å². The molecule has 2 atom stereocenters. The lowest BCUT2D eigenvalue weighted by Crippen LogP contribution is -2.43. The fourth-order valence-electron chi connectivity index (χ4n) is 5.50. The predicted octanol–water partition coefficient (Wildman–Crippen LogP) is -1.95. The second-order valence-corrected chi connectivity index (χ2v) is 29.1. The number of sulfonamides is 6. The minimum atomic E-state index is -3.94. The number of nitrogens with two attached hydrogens (primary N) is 4. The smallest absolute Gasteiger partial charge is 0.267 e. The van der Waals surface area contributed by atoms with E-state index in [0.717, 1.165) is 0 Å². The molecule has 4 aromatic heterocycles. The highest BCUT2D eigenvalue weighted by Crippen LogP contribution is 2.41. The zero-order valence-corrected chi connectivity index (χ0v) is 44.6. The number of hydrogen-bond donors (Lipinski definition) is 8. The van der Waals surface area contributed by atoms with E-state index in [1.807, 2.05) is 13.8 Å². The van der Waals surface area contributed by atoms with Crippen LogP contribution in [0.2, 0.25) is 0 Å². The molecule has 68 heavy (non-hydrogen) atoms. The van der Waals surface area contributed by atoms with Crippen molar-refractivity contribution in [1.29, 1.82) is 0 Å². The van der Waals surface area contributed by atoms with Gasteiger partial charge in [-0.15, -0.1) is 43.1 Å². The van der Waals surface area contributed by atoms with Crippen molar-refractivity contribution in [2.75, 3.05) is 64.1 Å². The average molecular weight is 1150 g/mol. The number of carbonyl (C=O) groups excluding carboxylic acids is 2. The number of nitrogens with zero attached hydrogens (tertiary/aromatic N) is 6. The molecule has 0 unspecified atom stereocenters. The number of hydrogen-bond acceptors (Lipinski definition) is 25.